The van der Waals surface area contributed by atoms with E-state index in [-0.39, 0.29) is 29.4 Å². The number of non-ortho nitro benzene ring substituents is 1. The van der Waals surface area contributed by atoms with Crippen molar-refractivity contribution < 1.29 is 24.0 Å². The number of nitro groups is 1. The Bertz CT molecular complexity index is 855. The molecule has 2 rings (SSSR count). The van der Waals surface area contributed by atoms with Gasteiger partial charge in [0, 0.05) is 12.1 Å². The summed E-state index contributed by atoms with van der Waals surface area (Å²) in [6.45, 7) is 1.51. The van der Waals surface area contributed by atoms with Gasteiger partial charge in [-0.15, -0.1) is 0 Å². The SMILES string of the molecule is Cc1ccccc1OCCC(=O)OCC(=O)Nc1ccc([N+](=O)[O-])cc1Cl. The van der Waals surface area contributed by atoms with Gasteiger partial charge in [-0.05, 0) is 24.6 Å². The predicted octanol–water partition coefficient (Wildman–Crippen LogP) is 3.51. The van der Waals surface area contributed by atoms with Gasteiger partial charge in [0.25, 0.3) is 11.6 Å². The quantitative estimate of drug-likeness (QED) is 0.418. The second-order valence-electron chi connectivity index (χ2n) is 5.49. The van der Waals surface area contributed by atoms with Crippen molar-refractivity contribution in [1.29, 1.82) is 0 Å². The Kier molecular flexibility index (Phi) is 7.13. The third kappa shape index (κ3) is 6.27. The summed E-state index contributed by atoms with van der Waals surface area (Å²) in [6, 6.07) is 11.0. The van der Waals surface area contributed by atoms with Crippen LogP contribution >= 0.6 is 11.6 Å². The van der Waals surface area contributed by atoms with Crippen molar-refractivity contribution >= 4 is 34.9 Å². The van der Waals surface area contributed by atoms with Crippen molar-refractivity contribution in [2.45, 2.75) is 13.3 Å². The Hall–Kier alpha value is -3.13. The number of hydrogen-bond acceptors (Lipinski definition) is 6. The van der Waals surface area contributed by atoms with Crippen molar-refractivity contribution in [3.63, 3.8) is 0 Å². The third-order valence-electron chi connectivity index (χ3n) is 3.46. The maximum atomic E-state index is 11.8. The molecule has 0 unspecified atom stereocenters. The second-order valence-corrected chi connectivity index (χ2v) is 5.90. The Labute approximate surface area is 160 Å². The summed E-state index contributed by atoms with van der Waals surface area (Å²) in [6.07, 6.45) is -0.0140. The number of carbonyl (C=O) groups excluding carboxylic acids is 2. The lowest BCUT2D eigenvalue weighted by atomic mass is 10.2. The van der Waals surface area contributed by atoms with Gasteiger partial charge in [0.2, 0.25) is 0 Å². The molecule has 0 aliphatic heterocycles. The van der Waals surface area contributed by atoms with E-state index in [9.17, 15) is 19.7 Å². The number of benzene rings is 2. The van der Waals surface area contributed by atoms with Gasteiger partial charge in [-0.1, -0.05) is 29.8 Å². The normalized spacial score (nSPS) is 10.1. The van der Waals surface area contributed by atoms with Crippen LogP contribution in [0.5, 0.6) is 5.75 Å². The van der Waals surface area contributed by atoms with Gasteiger partial charge in [0.1, 0.15) is 5.75 Å². The average Bonchev–Trinajstić information content (AvgIpc) is 2.63. The zero-order valence-electron chi connectivity index (χ0n) is 14.4. The summed E-state index contributed by atoms with van der Waals surface area (Å²) in [5.74, 6) is -0.525. The van der Waals surface area contributed by atoms with E-state index in [0.29, 0.717) is 5.75 Å². The molecule has 0 bridgehead atoms. The summed E-state index contributed by atoms with van der Waals surface area (Å²) in [4.78, 5) is 33.5. The van der Waals surface area contributed by atoms with Crippen LogP contribution in [-0.4, -0.2) is 30.0 Å². The molecular formula is C18H17ClN2O6. The zero-order chi connectivity index (χ0) is 19.8. The molecule has 142 valence electrons. The number of para-hydroxylation sites is 1. The van der Waals surface area contributed by atoms with Crippen LogP contribution in [0, 0.1) is 17.0 Å². The van der Waals surface area contributed by atoms with Gasteiger partial charge in [0.05, 0.1) is 28.7 Å². The Balaban J connectivity index is 1.74. The largest absolute Gasteiger partial charge is 0.493 e. The van der Waals surface area contributed by atoms with Crippen molar-refractivity contribution in [1.82, 2.24) is 0 Å². The van der Waals surface area contributed by atoms with E-state index in [1.807, 2.05) is 25.1 Å². The Morgan fingerprint density at radius 1 is 1.22 bits per heavy atom. The first kappa shape index (κ1) is 20.2. The van der Waals surface area contributed by atoms with Crippen LogP contribution in [0.2, 0.25) is 5.02 Å². The fourth-order valence-corrected chi connectivity index (χ4v) is 2.31. The van der Waals surface area contributed by atoms with Gasteiger partial charge in [0.15, 0.2) is 6.61 Å². The molecule has 0 fully saturated rings. The molecule has 2 aromatic rings. The Morgan fingerprint density at radius 3 is 2.63 bits per heavy atom. The molecule has 1 N–H and O–H groups in total. The maximum Gasteiger partial charge on any atom is 0.309 e. The van der Waals surface area contributed by atoms with E-state index in [1.54, 1.807) is 6.07 Å². The summed E-state index contributed by atoms with van der Waals surface area (Å²) in [5.41, 5.74) is 0.939. The number of rotatable bonds is 8. The number of ether oxygens (including phenoxy) is 2. The molecule has 8 nitrogen and oxygen atoms in total. The molecule has 0 aliphatic carbocycles. The van der Waals surface area contributed by atoms with Crippen LogP contribution in [0.3, 0.4) is 0 Å². The monoisotopic (exact) mass is 392 g/mol. The molecule has 0 saturated carbocycles. The van der Waals surface area contributed by atoms with E-state index in [0.717, 1.165) is 11.6 Å². The molecule has 0 spiro atoms. The van der Waals surface area contributed by atoms with Crippen molar-refractivity contribution in [2.24, 2.45) is 0 Å². The molecule has 0 saturated heterocycles. The first-order valence-electron chi connectivity index (χ1n) is 7.94. The summed E-state index contributed by atoms with van der Waals surface area (Å²) in [7, 11) is 0. The van der Waals surface area contributed by atoms with Gasteiger partial charge >= 0.3 is 5.97 Å². The molecule has 27 heavy (non-hydrogen) atoms. The topological polar surface area (TPSA) is 108 Å². The standard InChI is InChI=1S/C18H17ClN2O6/c1-12-4-2-3-5-16(12)26-9-8-18(23)27-11-17(22)20-15-7-6-13(21(24)25)10-14(15)19/h2-7,10H,8-9,11H2,1H3,(H,20,22). The van der Waals surface area contributed by atoms with Crippen molar-refractivity contribution in [3.05, 3.63) is 63.2 Å². The molecular weight excluding hydrogens is 376 g/mol. The number of carbonyl (C=O) groups is 2. The number of nitrogens with zero attached hydrogens (tertiary/aromatic N) is 1. The molecule has 0 atom stereocenters. The smallest absolute Gasteiger partial charge is 0.309 e. The highest BCUT2D eigenvalue weighted by Crippen LogP contribution is 2.26. The van der Waals surface area contributed by atoms with Crippen LogP contribution in [0.4, 0.5) is 11.4 Å². The van der Waals surface area contributed by atoms with Crippen LogP contribution in [-0.2, 0) is 14.3 Å². The third-order valence-corrected chi connectivity index (χ3v) is 3.77. The number of nitro benzene ring substituents is 1. The van der Waals surface area contributed by atoms with Gasteiger partial charge < -0.3 is 14.8 Å². The fourth-order valence-electron chi connectivity index (χ4n) is 2.09. The van der Waals surface area contributed by atoms with E-state index >= 15 is 0 Å². The highest BCUT2D eigenvalue weighted by atomic mass is 35.5. The highest BCUT2D eigenvalue weighted by molar-refractivity contribution is 6.34. The molecule has 0 radical (unpaired) electrons. The molecule has 0 heterocycles. The van der Waals surface area contributed by atoms with Crippen LogP contribution in [0.1, 0.15) is 12.0 Å². The number of hydrogen-bond donors (Lipinski definition) is 1. The Morgan fingerprint density at radius 2 is 1.96 bits per heavy atom. The van der Waals surface area contributed by atoms with E-state index in [4.69, 9.17) is 21.1 Å². The first-order valence-corrected chi connectivity index (χ1v) is 8.32. The number of anilines is 1. The lowest BCUT2D eigenvalue weighted by molar-refractivity contribution is -0.384. The summed E-state index contributed by atoms with van der Waals surface area (Å²) >= 11 is 5.88. The molecule has 9 heteroatoms. The minimum absolute atomic E-state index is 0.00973. The second kappa shape index (κ2) is 9.54. The minimum atomic E-state index is -0.612. The molecule has 2 aromatic carbocycles. The number of esters is 1. The lowest BCUT2D eigenvalue weighted by Gasteiger charge is -2.09. The van der Waals surface area contributed by atoms with Crippen LogP contribution < -0.4 is 10.1 Å². The van der Waals surface area contributed by atoms with Crippen molar-refractivity contribution in [2.75, 3.05) is 18.5 Å². The van der Waals surface area contributed by atoms with E-state index in [2.05, 4.69) is 5.32 Å². The highest BCUT2D eigenvalue weighted by Gasteiger charge is 2.13. The van der Waals surface area contributed by atoms with Crippen LogP contribution in [0.15, 0.2) is 42.5 Å². The number of nitrogens with one attached hydrogen (secondary N) is 1. The molecule has 0 aliphatic rings. The van der Waals surface area contributed by atoms with Crippen LogP contribution in [0.25, 0.3) is 0 Å². The minimum Gasteiger partial charge on any atom is -0.493 e. The number of aryl methyl sites for hydroxylation is 1. The average molecular weight is 393 g/mol. The fraction of sp³-hybridized carbons (Fsp3) is 0.222. The lowest BCUT2D eigenvalue weighted by Crippen LogP contribution is -2.21. The maximum absolute atomic E-state index is 11.8. The predicted molar refractivity (Wildman–Crippen MR) is 99.0 cm³/mol. The summed E-state index contributed by atoms with van der Waals surface area (Å²) < 4.78 is 10.3. The number of halogens is 1. The number of amides is 1. The zero-order valence-corrected chi connectivity index (χ0v) is 15.2. The molecule has 0 aromatic heterocycles. The van der Waals surface area contributed by atoms with E-state index < -0.39 is 23.4 Å². The van der Waals surface area contributed by atoms with Gasteiger partial charge in [-0.3, -0.25) is 19.7 Å². The summed E-state index contributed by atoms with van der Waals surface area (Å²) in [5, 5.41) is 13.1. The van der Waals surface area contributed by atoms with Crippen molar-refractivity contribution in [3.8, 4) is 5.75 Å². The molecule has 1 amide bonds. The van der Waals surface area contributed by atoms with Gasteiger partial charge in [-0.25, -0.2) is 0 Å². The van der Waals surface area contributed by atoms with E-state index in [1.165, 1.54) is 12.1 Å². The van der Waals surface area contributed by atoms with Gasteiger partial charge in [-0.2, -0.15) is 0 Å². The first-order chi connectivity index (χ1) is 12.9.